The number of aliphatic carboxylic acids is 1. The van der Waals surface area contributed by atoms with E-state index in [1.165, 1.54) is 103 Å². The summed E-state index contributed by atoms with van der Waals surface area (Å²) in [6.07, 6.45) is 0.261. The van der Waals surface area contributed by atoms with E-state index in [-0.39, 0.29) is 12.8 Å². The van der Waals surface area contributed by atoms with Gasteiger partial charge in [-0.25, -0.2) is 4.79 Å². The average molecular weight is 1260 g/mol. The van der Waals surface area contributed by atoms with Crippen LogP contribution >= 0.6 is 0 Å². The maximum absolute atomic E-state index is 13.5. The Kier molecular flexibility index (Phi) is 38.7. The summed E-state index contributed by atoms with van der Waals surface area (Å²) in [6.45, 7) is 4.22. The number of aliphatic hydroxyl groups excluding tert-OH is 12. The molecule has 11 unspecified atom stereocenters. The lowest BCUT2D eigenvalue weighted by atomic mass is 9.87. The normalized spacial score (nSPS) is 30.2. The number of hydrogen-bond donors (Lipinski definition) is 16. The molecule has 512 valence electrons. The Bertz CT molecular complexity index is 1850. The van der Waals surface area contributed by atoms with Crippen molar-refractivity contribution in [1.29, 1.82) is 0 Å². The van der Waals surface area contributed by atoms with Crippen LogP contribution in [-0.2, 0) is 42.8 Å². The smallest absolute Gasteiger partial charge is 0.364 e. The van der Waals surface area contributed by atoms with Gasteiger partial charge in [0.05, 0.1) is 38.1 Å². The summed E-state index contributed by atoms with van der Waals surface area (Å²) in [6, 6.07) is -1.42. The molecule has 0 spiro atoms. The van der Waals surface area contributed by atoms with Gasteiger partial charge in [0.25, 0.3) is 5.79 Å². The molecule has 0 aromatic heterocycles. The lowest BCUT2D eigenvalue weighted by Gasteiger charge is -2.49. The summed E-state index contributed by atoms with van der Waals surface area (Å²) in [7, 11) is 0. The van der Waals surface area contributed by atoms with Crippen LogP contribution in [0.4, 0.5) is 0 Å². The molecule has 87 heavy (non-hydrogen) atoms. The number of carbonyl (C=O) groups is 3. The highest BCUT2D eigenvalue weighted by atomic mass is 16.8. The van der Waals surface area contributed by atoms with Crippen LogP contribution in [0.2, 0.25) is 0 Å². The Morgan fingerprint density at radius 3 is 1.59 bits per heavy atom. The Hall–Kier alpha value is -2.35. The molecule has 3 aliphatic heterocycles. The first-order valence-electron chi connectivity index (χ1n) is 33.0. The predicted molar refractivity (Wildman–Crippen MR) is 318 cm³/mol. The highest BCUT2D eigenvalue weighted by Gasteiger charge is 2.59. The van der Waals surface area contributed by atoms with Crippen LogP contribution in [0.1, 0.15) is 227 Å². The molecule has 16 N–H and O–H groups in total. The molecule has 3 heterocycles. The van der Waals surface area contributed by atoms with Crippen LogP contribution in [-0.4, -0.2) is 231 Å². The van der Waals surface area contributed by atoms with Crippen LogP contribution in [0.3, 0.4) is 0 Å². The van der Waals surface area contributed by atoms with Crippen molar-refractivity contribution in [2.24, 2.45) is 5.92 Å². The van der Waals surface area contributed by atoms with Gasteiger partial charge in [0.2, 0.25) is 11.8 Å². The van der Waals surface area contributed by atoms with Crippen molar-refractivity contribution in [3.05, 3.63) is 0 Å². The number of carboxylic acid groups (broad SMARTS) is 1. The second-order valence-corrected chi connectivity index (χ2v) is 25.0. The number of ether oxygens (including phenoxy) is 6. The Morgan fingerprint density at radius 1 is 0.598 bits per heavy atom. The fraction of sp³-hybridized carbons (Fsp3) is 0.952. The number of hydrogen-bond acceptors (Lipinski definition) is 22. The van der Waals surface area contributed by atoms with Gasteiger partial charge in [-0.15, -0.1) is 0 Å². The Labute approximate surface area is 515 Å². The number of carbonyl (C=O) groups excluding carboxylic acids is 2. The summed E-state index contributed by atoms with van der Waals surface area (Å²) in [4.78, 5) is 39.7. The van der Waals surface area contributed by atoms with Crippen LogP contribution in [0.15, 0.2) is 0 Å². The molecule has 0 aromatic rings. The molecule has 3 saturated heterocycles. The number of aliphatic hydroxyl groups is 13. The van der Waals surface area contributed by atoms with Gasteiger partial charge in [-0.05, 0) is 25.7 Å². The van der Waals surface area contributed by atoms with Gasteiger partial charge >= 0.3 is 5.97 Å². The zero-order valence-corrected chi connectivity index (χ0v) is 52.6. The van der Waals surface area contributed by atoms with Gasteiger partial charge in [0, 0.05) is 12.8 Å². The predicted octanol–water partition coefficient (Wildman–Crippen LogP) is 2.71. The molecule has 3 rings (SSSR count). The monoisotopic (exact) mass is 1260 g/mol. The molecule has 25 heteroatoms. The van der Waals surface area contributed by atoms with Crippen molar-refractivity contribution in [2.75, 3.05) is 26.4 Å². The van der Waals surface area contributed by atoms with E-state index in [4.69, 9.17) is 28.4 Å². The molecule has 2 amide bonds. The number of nitrogens with one attached hydrogen (secondary N) is 2. The third-order valence-electron chi connectivity index (χ3n) is 17.6. The van der Waals surface area contributed by atoms with Crippen molar-refractivity contribution in [3.8, 4) is 0 Å². The standard InChI is InChI=1S/C62H116N2O23/c1-5-7-8-9-10-11-12-13-14-15-16-17-18-19-20-23-27-30-33-44(67)57(78)63-42(49(71)43(66)32-29-26-24-21-22-25-28-31-40(3)6-2)37-82-59-55(77)53(75)51(73)46(86-59)38-84-62(60(79)80)35-34-61(81,56(87-62)50(72)45(68)36-65)64-47(69)39-83-58-54(76)52(74)48(70)41(4)85-58/h40-46,48-56,58-59,65-68,70-77,81H,5-39H2,1-4H3,(H,63,78)(H,64,69)(H,79,80)/t40?,41?,42?,43?,44-,45?,46?,48-,49+,50?,51-,52?,53-,54?,55?,56?,58-,59-,61+,62-/m1/s1. The first kappa shape index (κ1) is 78.9. The minimum absolute atomic E-state index is 0.123. The van der Waals surface area contributed by atoms with Crippen LogP contribution in [0, 0.1) is 5.92 Å². The van der Waals surface area contributed by atoms with Crippen molar-refractivity contribution < 1.29 is 114 Å². The third-order valence-corrected chi connectivity index (χ3v) is 17.6. The van der Waals surface area contributed by atoms with Crippen molar-refractivity contribution in [1.82, 2.24) is 10.6 Å². The minimum atomic E-state index is -2.89. The van der Waals surface area contributed by atoms with Crippen molar-refractivity contribution in [3.63, 3.8) is 0 Å². The average Bonchev–Trinajstić information content (AvgIpc) is 1.04. The van der Waals surface area contributed by atoms with Gasteiger partial charge < -0.3 is 111 Å². The Balaban J connectivity index is 1.63. The summed E-state index contributed by atoms with van der Waals surface area (Å²) in [5.74, 6) is -6.12. The maximum atomic E-state index is 13.5. The van der Waals surface area contributed by atoms with Gasteiger partial charge in [0.15, 0.2) is 18.3 Å². The van der Waals surface area contributed by atoms with Crippen LogP contribution < -0.4 is 10.6 Å². The quantitative estimate of drug-likeness (QED) is 0.0307. The third kappa shape index (κ3) is 27.4. The molecule has 3 aliphatic rings. The van der Waals surface area contributed by atoms with Gasteiger partial charge in [-0.1, -0.05) is 194 Å². The molecule has 3 fully saturated rings. The first-order chi connectivity index (χ1) is 41.5. The SMILES string of the molecule is CCCCCCCCCCCCCCCCCCCC[C@@H](O)C(=O)NC(CO[C@@H]1OC(CO[C@]2(C(=O)O)CC[C@@](O)(NC(=O)CO[C@@H]3OC(C)[C@@H](O)C(O)C3O)C(C(O)C(O)CO)O2)[C@@H](O)[C@@H](O)C1O)[C@H](O)C(O)CCCCCCCCCC(C)CC. The molecular weight excluding hydrogens is 1140 g/mol. The van der Waals surface area contributed by atoms with Gasteiger partial charge in [-0.3, -0.25) is 9.59 Å². The van der Waals surface area contributed by atoms with E-state index in [1.807, 2.05) is 0 Å². The molecule has 0 radical (unpaired) electrons. The van der Waals surface area contributed by atoms with E-state index in [0.717, 1.165) is 64.2 Å². The fourth-order valence-electron chi connectivity index (χ4n) is 11.4. The second-order valence-electron chi connectivity index (χ2n) is 25.0. The highest BCUT2D eigenvalue weighted by molar-refractivity contribution is 5.81. The summed E-state index contributed by atoms with van der Waals surface area (Å²) < 4.78 is 33.6. The largest absolute Gasteiger partial charge is 0.477 e. The van der Waals surface area contributed by atoms with E-state index in [0.29, 0.717) is 18.8 Å². The topological polar surface area (TPSA) is 414 Å². The molecule has 0 aliphatic carbocycles. The van der Waals surface area contributed by atoms with E-state index in [1.54, 1.807) is 0 Å². The summed E-state index contributed by atoms with van der Waals surface area (Å²) in [5.41, 5.74) is -2.74. The van der Waals surface area contributed by atoms with E-state index in [2.05, 4.69) is 31.4 Å². The number of rotatable bonds is 48. The molecule has 20 atom stereocenters. The van der Waals surface area contributed by atoms with Crippen molar-refractivity contribution >= 4 is 17.8 Å². The minimum Gasteiger partial charge on any atom is -0.477 e. The van der Waals surface area contributed by atoms with E-state index >= 15 is 0 Å². The lowest BCUT2D eigenvalue weighted by Crippen LogP contribution is -2.70. The first-order valence-corrected chi connectivity index (χ1v) is 33.0. The summed E-state index contributed by atoms with van der Waals surface area (Å²) >= 11 is 0. The number of carboxylic acids is 1. The van der Waals surface area contributed by atoms with Gasteiger partial charge in [0.1, 0.15) is 79.9 Å². The van der Waals surface area contributed by atoms with E-state index < -0.39 is 173 Å². The highest BCUT2D eigenvalue weighted by Crippen LogP contribution is 2.39. The zero-order valence-electron chi connectivity index (χ0n) is 52.6. The zero-order chi connectivity index (χ0) is 64.5. The second kappa shape index (κ2) is 42.7. The number of unbranched alkanes of at least 4 members (excludes halogenated alkanes) is 23. The van der Waals surface area contributed by atoms with Gasteiger partial charge in [-0.2, -0.15) is 0 Å². The molecular formula is C62H116N2O23. The van der Waals surface area contributed by atoms with E-state index in [9.17, 15) is 85.9 Å². The molecule has 0 bridgehead atoms. The Morgan fingerprint density at radius 2 is 1.08 bits per heavy atom. The molecule has 25 nitrogen and oxygen atoms in total. The van der Waals surface area contributed by atoms with Crippen LogP contribution in [0.25, 0.3) is 0 Å². The fourth-order valence-corrected chi connectivity index (χ4v) is 11.4. The summed E-state index contributed by atoms with van der Waals surface area (Å²) in [5, 5.41) is 156. The lowest BCUT2D eigenvalue weighted by molar-refractivity contribution is -0.351. The molecule has 0 aromatic carbocycles. The maximum Gasteiger partial charge on any atom is 0.364 e. The number of amides is 2. The van der Waals surface area contributed by atoms with Crippen LogP contribution in [0.5, 0.6) is 0 Å². The van der Waals surface area contributed by atoms with Crippen molar-refractivity contribution in [2.45, 2.75) is 342 Å². The molecule has 0 saturated carbocycles.